The van der Waals surface area contributed by atoms with E-state index in [4.69, 9.17) is 5.11 Å². The Labute approximate surface area is 106 Å². The third-order valence-electron chi connectivity index (χ3n) is 2.98. The van der Waals surface area contributed by atoms with Crippen LogP contribution in [0.2, 0.25) is 0 Å². The Morgan fingerprint density at radius 2 is 2.29 bits per heavy atom. The molecule has 92 valence electrons. The summed E-state index contributed by atoms with van der Waals surface area (Å²) in [6.07, 6.45) is 1.92. The number of nitrogens with one attached hydrogen (secondary N) is 1. The van der Waals surface area contributed by atoms with Crippen molar-refractivity contribution in [3.63, 3.8) is 0 Å². The smallest absolute Gasteiger partial charge is 0.327 e. The molecule has 5 heteroatoms. The van der Waals surface area contributed by atoms with E-state index in [0.29, 0.717) is 0 Å². The van der Waals surface area contributed by atoms with E-state index < -0.39 is 0 Å². The molecule has 4 nitrogen and oxygen atoms in total. The number of hydrogen-bond donors (Lipinski definition) is 3. The molecule has 0 aromatic heterocycles. The van der Waals surface area contributed by atoms with E-state index in [1.54, 1.807) is 0 Å². The molecule has 2 N–H and O–H groups in total. The van der Waals surface area contributed by atoms with Crippen LogP contribution in [-0.2, 0) is 6.42 Å². The van der Waals surface area contributed by atoms with Gasteiger partial charge in [0.25, 0.3) is 0 Å². The molecule has 1 aromatic carbocycles. The number of amides is 2. The summed E-state index contributed by atoms with van der Waals surface area (Å²) in [5.41, 5.74) is 2.48. The van der Waals surface area contributed by atoms with Crippen LogP contribution in [0.25, 0.3) is 0 Å². The molecule has 1 aromatic rings. The minimum Gasteiger partial charge on any atom is -0.394 e. The van der Waals surface area contributed by atoms with Gasteiger partial charge in [0, 0.05) is 0 Å². The molecule has 2 amide bonds. The van der Waals surface area contributed by atoms with Crippen molar-refractivity contribution < 1.29 is 9.90 Å². The zero-order chi connectivity index (χ0) is 12.3. The van der Waals surface area contributed by atoms with E-state index in [2.05, 4.69) is 24.2 Å². The van der Waals surface area contributed by atoms with Crippen LogP contribution in [0, 0.1) is 0 Å². The van der Waals surface area contributed by atoms with Crippen LogP contribution in [0.3, 0.4) is 0 Å². The van der Waals surface area contributed by atoms with Gasteiger partial charge >= 0.3 is 6.03 Å². The molecule has 1 aliphatic carbocycles. The molecule has 0 spiro atoms. The number of fused-ring (bicyclic) bond motifs is 1. The fourth-order valence-electron chi connectivity index (χ4n) is 2.13. The van der Waals surface area contributed by atoms with Gasteiger partial charge in [0.2, 0.25) is 0 Å². The summed E-state index contributed by atoms with van der Waals surface area (Å²) in [7, 11) is 0. The molecule has 1 unspecified atom stereocenters. The number of carbonyl (C=O) groups excluding carboxylic acids is 1. The predicted octanol–water partition coefficient (Wildman–Crippen LogP) is 1.52. The highest BCUT2D eigenvalue weighted by atomic mass is 32.1. The molecule has 2 rings (SSSR count). The Kier molecular flexibility index (Phi) is 3.91. The second kappa shape index (κ2) is 5.42. The van der Waals surface area contributed by atoms with Crippen molar-refractivity contribution in [1.82, 2.24) is 9.62 Å². The Hall–Kier alpha value is -1.20. The van der Waals surface area contributed by atoms with Crippen molar-refractivity contribution in [2.24, 2.45) is 0 Å². The van der Waals surface area contributed by atoms with Gasteiger partial charge in [-0.05, 0) is 24.0 Å². The second-order valence-corrected chi connectivity index (χ2v) is 4.57. The van der Waals surface area contributed by atoms with Gasteiger partial charge in [-0.1, -0.05) is 37.1 Å². The van der Waals surface area contributed by atoms with Gasteiger partial charge < -0.3 is 10.4 Å². The average molecular weight is 252 g/mol. The zero-order valence-corrected chi connectivity index (χ0v) is 10.4. The molecule has 1 aliphatic rings. The van der Waals surface area contributed by atoms with Crippen LogP contribution in [0.5, 0.6) is 0 Å². The van der Waals surface area contributed by atoms with Gasteiger partial charge in [0.15, 0.2) is 0 Å². The average Bonchev–Trinajstić information content (AvgIpc) is 2.73. The lowest BCUT2D eigenvalue weighted by Crippen LogP contribution is -2.37. The Morgan fingerprint density at radius 1 is 1.53 bits per heavy atom. The number of hydrogen-bond acceptors (Lipinski definition) is 3. The quantitative estimate of drug-likeness (QED) is 0.714. The van der Waals surface area contributed by atoms with Gasteiger partial charge in [0.05, 0.1) is 19.2 Å². The molecule has 17 heavy (non-hydrogen) atoms. The Balaban J connectivity index is 2.00. The monoisotopic (exact) mass is 252 g/mol. The SMILES string of the molecule is O=C(NC1CCc2ccccc21)N(S)CCO. The zero-order valence-electron chi connectivity index (χ0n) is 9.47. The van der Waals surface area contributed by atoms with Crippen molar-refractivity contribution in [2.45, 2.75) is 18.9 Å². The lowest BCUT2D eigenvalue weighted by atomic mass is 10.1. The Bertz CT molecular complexity index is 411. The molecule has 0 fully saturated rings. The summed E-state index contributed by atoms with van der Waals surface area (Å²) in [6.45, 7) is 0.140. The lowest BCUT2D eigenvalue weighted by molar-refractivity contribution is 0.210. The summed E-state index contributed by atoms with van der Waals surface area (Å²) >= 11 is 4.01. The number of aryl methyl sites for hydroxylation is 1. The van der Waals surface area contributed by atoms with E-state index in [1.165, 1.54) is 15.4 Å². The molecule has 0 radical (unpaired) electrons. The maximum Gasteiger partial charge on any atom is 0.327 e. The molecular formula is C12H16N2O2S. The fourth-order valence-corrected chi connectivity index (χ4v) is 2.27. The first kappa shape index (κ1) is 12.3. The van der Waals surface area contributed by atoms with Gasteiger partial charge in [-0.2, -0.15) is 0 Å². The van der Waals surface area contributed by atoms with Crippen LogP contribution in [0.15, 0.2) is 24.3 Å². The van der Waals surface area contributed by atoms with Crippen molar-refractivity contribution in [3.8, 4) is 0 Å². The molecule has 0 saturated carbocycles. The van der Waals surface area contributed by atoms with Crippen molar-refractivity contribution in [2.75, 3.05) is 13.2 Å². The molecular weight excluding hydrogens is 236 g/mol. The number of benzene rings is 1. The van der Waals surface area contributed by atoms with Gasteiger partial charge in [-0.3, -0.25) is 4.31 Å². The molecule has 0 aliphatic heterocycles. The van der Waals surface area contributed by atoms with Crippen molar-refractivity contribution >= 4 is 18.8 Å². The van der Waals surface area contributed by atoms with Gasteiger partial charge in [-0.25, -0.2) is 4.79 Å². The first-order chi connectivity index (χ1) is 8.22. The van der Waals surface area contributed by atoms with Crippen LogP contribution in [0.1, 0.15) is 23.6 Å². The second-order valence-electron chi connectivity index (χ2n) is 4.09. The van der Waals surface area contributed by atoms with E-state index >= 15 is 0 Å². The van der Waals surface area contributed by atoms with Gasteiger partial charge in [-0.15, -0.1) is 0 Å². The van der Waals surface area contributed by atoms with Crippen LogP contribution in [-0.4, -0.2) is 28.6 Å². The minimum absolute atomic E-state index is 0.0621. The highest BCUT2D eigenvalue weighted by molar-refractivity contribution is 7.78. The third kappa shape index (κ3) is 2.73. The van der Waals surface area contributed by atoms with Gasteiger partial charge in [0.1, 0.15) is 0 Å². The number of aliphatic hydroxyl groups excluding tert-OH is 1. The summed E-state index contributed by atoms with van der Waals surface area (Å²) in [6, 6.07) is 7.93. The third-order valence-corrected chi connectivity index (χ3v) is 3.36. The van der Waals surface area contributed by atoms with Crippen molar-refractivity contribution in [3.05, 3.63) is 35.4 Å². The highest BCUT2D eigenvalue weighted by Gasteiger charge is 2.24. The normalized spacial score (nSPS) is 17.6. The maximum absolute atomic E-state index is 11.7. The topological polar surface area (TPSA) is 52.6 Å². The van der Waals surface area contributed by atoms with E-state index in [-0.39, 0.29) is 25.2 Å². The number of carbonyl (C=O) groups is 1. The summed E-state index contributed by atoms with van der Waals surface area (Å²) in [5.74, 6) is 0. The standard InChI is InChI=1S/C12H16N2O2S/c15-8-7-14(17)12(16)13-11-6-5-9-3-1-2-4-10(9)11/h1-4,11,15,17H,5-8H2,(H,13,16). The lowest BCUT2D eigenvalue weighted by Gasteiger charge is -2.19. The Morgan fingerprint density at radius 3 is 3.06 bits per heavy atom. The van der Waals surface area contributed by atoms with E-state index in [1.807, 2.05) is 18.2 Å². The summed E-state index contributed by atoms with van der Waals surface area (Å²) in [4.78, 5) is 11.7. The number of rotatable bonds is 3. The highest BCUT2D eigenvalue weighted by Crippen LogP contribution is 2.30. The maximum atomic E-state index is 11.7. The summed E-state index contributed by atoms with van der Waals surface area (Å²) in [5, 5.41) is 11.7. The number of thiol groups is 1. The predicted molar refractivity (Wildman–Crippen MR) is 68.8 cm³/mol. The fraction of sp³-hybridized carbons (Fsp3) is 0.417. The number of nitrogens with zero attached hydrogens (tertiary/aromatic N) is 1. The molecule has 0 bridgehead atoms. The van der Waals surface area contributed by atoms with Crippen molar-refractivity contribution in [1.29, 1.82) is 0 Å². The van der Waals surface area contributed by atoms with E-state index in [9.17, 15) is 4.79 Å². The molecule has 1 atom stereocenters. The van der Waals surface area contributed by atoms with E-state index in [0.717, 1.165) is 12.8 Å². The minimum atomic E-state index is -0.260. The number of urea groups is 1. The summed E-state index contributed by atoms with van der Waals surface area (Å²) < 4.78 is 1.20. The first-order valence-electron chi connectivity index (χ1n) is 5.68. The molecule has 0 heterocycles. The van der Waals surface area contributed by atoms with Crippen LogP contribution >= 0.6 is 12.8 Å². The molecule has 0 saturated heterocycles. The van der Waals surface area contributed by atoms with Crippen LogP contribution < -0.4 is 5.32 Å². The van der Waals surface area contributed by atoms with Crippen LogP contribution in [0.4, 0.5) is 4.79 Å². The number of aliphatic hydroxyl groups is 1. The largest absolute Gasteiger partial charge is 0.394 e. The first-order valence-corrected chi connectivity index (χ1v) is 6.08.